The number of hydrogen-bond acceptors (Lipinski definition) is 6. The van der Waals surface area contributed by atoms with Crippen molar-refractivity contribution < 1.29 is 24.2 Å². The second-order valence-electron chi connectivity index (χ2n) is 13.8. The summed E-state index contributed by atoms with van der Waals surface area (Å²) >= 11 is 0. The number of rotatable bonds is 37. The maximum absolute atomic E-state index is 12.5. The number of ether oxygens (including phenoxy) is 2. The summed E-state index contributed by atoms with van der Waals surface area (Å²) in [5.41, 5.74) is 0. The van der Waals surface area contributed by atoms with Gasteiger partial charge in [0.25, 0.3) is 0 Å². The Labute approximate surface area is 286 Å². The van der Waals surface area contributed by atoms with Crippen LogP contribution in [0, 0.1) is 5.92 Å². The van der Waals surface area contributed by atoms with Gasteiger partial charge in [-0.1, -0.05) is 149 Å². The largest absolute Gasteiger partial charge is 0.466 e. The average Bonchev–Trinajstić information content (AvgIpc) is 3.05. The van der Waals surface area contributed by atoms with Gasteiger partial charge in [-0.25, -0.2) is 0 Å². The van der Waals surface area contributed by atoms with Crippen molar-refractivity contribution >= 4 is 11.9 Å². The van der Waals surface area contributed by atoms with E-state index in [1.165, 1.54) is 128 Å². The minimum atomic E-state index is -0.105. The average molecular weight is 654 g/mol. The predicted octanol–water partition coefficient (Wildman–Crippen LogP) is 11.0. The van der Waals surface area contributed by atoms with Gasteiger partial charge < -0.3 is 19.5 Å². The van der Waals surface area contributed by atoms with E-state index in [1.807, 2.05) is 0 Å². The molecule has 0 fully saturated rings. The van der Waals surface area contributed by atoms with E-state index in [0.717, 1.165) is 51.6 Å². The molecule has 0 aliphatic rings. The highest BCUT2D eigenvalue weighted by Gasteiger charge is 2.13. The van der Waals surface area contributed by atoms with Gasteiger partial charge in [-0.15, -0.1) is 0 Å². The highest BCUT2D eigenvalue weighted by atomic mass is 16.5. The molecule has 0 aliphatic carbocycles. The Morgan fingerprint density at radius 2 is 0.935 bits per heavy atom. The van der Waals surface area contributed by atoms with Crippen LogP contribution in [0.1, 0.15) is 201 Å². The molecule has 0 saturated carbocycles. The lowest BCUT2D eigenvalue weighted by Crippen LogP contribution is -2.29. The van der Waals surface area contributed by atoms with Gasteiger partial charge in [-0.3, -0.25) is 9.59 Å². The number of carbonyl (C=O) groups excluding carboxylic acids is 2. The van der Waals surface area contributed by atoms with Crippen molar-refractivity contribution in [1.29, 1.82) is 0 Å². The molecular weight excluding hydrogens is 574 g/mol. The van der Waals surface area contributed by atoms with Gasteiger partial charge in [0.1, 0.15) is 0 Å². The number of nitrogens with zero attached hydrogens (tertiary/aromatic N) is 1. The molecule has 0 bridgehead atoms. The molecule has 274 valence electrons. The van der Waals surface area contributed by atoms with Crippen LogP contribution in [0.5, 0.6) is 0 Å². The molecular formula is C40H79NO5. The van der Waals surface area contributed by atoms with E-state index in [0.29, 0.717) is 38.5 Å². The third-order valence-electron chi connectivity index (χ3n) is 9.30. The topological polar surface area (TPSA) is 76.1 Å². The van der Waals surface area contributed by atoms with E-state index in [4.69, 9.17) is 9.47 Å². The standard InChI is InChI=1S/C40H79NO5/c1-4-7-10-13-16-17-20-26-36-45-39(43)31-27-33-41(34-35-42)32-25-21-24-30-40(44)46-37-38(28-22-18-14-11-8-5-2)29-23-19-15-12-9-6-3/h38,42H,4-37H2,1-3H3. The SMILES string of the molecule is CCCCCCCCCCOC(=O)CCCN(CCO)CCCCCC(=O)OCC(CCCCCCCC)CCCCCCCC. The van der Waals surface area contributed by atoms with E-state index >= 15 is 0 Å². The lowest BCUT2D eigenvalue weighted by Gasteiger charge is -2.21. The monoisotopic (exact) mass is 654 g/mol. The third-order valence-corrected chi connectivity index (χ3v) is 9.30. The summed E-state index contributed by atoms with van der Waals surface area (Å²) in [6.45, 7) is 10.3. The molecule has 6 nitrogen and oxygen atoms in total. The zero-order chi connectivity index (χ0) is 33.8. The summed E-state index contributed by atoms with van der Waals surface area (Å²) in [6, 6.07) is 0. The molecule has 1 N–H and O–H groups in total. The molecule has 0 aromatic rings. The molecule has 0 aliphatic heterocycles. The van der Waals surface area contributed by atoms with Crippen LogP contribution in [0.2, 0.25) is 0 Å². The first-order chi connectivity index (χ1) is 22.6. The maximum atomic E-state index is 12.5. The molecule has 0 saturated heterocycles. The predicted molar refractivity (Wildman–Crippen MR) is 195 cm³/mol. The van der Waals surface area contributed by atoms with E-state index in [2.05, 4.69) is 25.7 Å². The minimum absolute atomic E-state index is 0.0476. The summed E-state index contributed by atoms with van der Waals surface area (Å²) in [7, 11) is 0. The molecule has 0 atom stereocenters. The van der Waals surface area contributed by atoms with Crippen LogP contribution in [0.4, 0.5) is 0 Å². The normalized spacial score (nSPS) is 11.5. The zero-order valence-electron chi connectivity index (χ0n) is 31.1. The molecule has 0 aromatic heterocycles. The van der Waals surface area contributed by atoms with Crippen molar-refractivity contribution in [2.24, 2.45) is 5.92 Å². The Kier molecular flexibility index (Phi) is 35.8. The summed E-state index contributed by atoms with van der Waals surface area (Å²) in [5.74, 6) is 0.357. The number of esters is 2. The third kappa shape index (κ3) is 32.8. The van der Waals surface area contributed by atoms with Crippen LogP contribution in [0.3, 0.4) is 0 Å². The van der Waals surface area contributed by atoms with Gasteiger partial charge in [0.05, 0.1) is 19.8 Å². The van der Waals surface area contributed by atoms with Gasteiger partial charge in [-0.05, 0) is 57.5 Å². The van der Waals surface area contributed by atoms with Crippen LogP contribution >= 0.6 is 0 Å². The number of carbonyl (C=O) groups is 2. The number of hydrogen-bond donors (Lipinski definition) is 1. The maximum Gasteiger partial charge on any atom is 0.305 e. The van der Waals surface area contributed by atoms with Gasteiger partial charge in [-0.2, -0.15) is 0 Å². The second kappa shape index (κ2) is 36.7. The fraction of sp³-hybridized carbons (Fsp3) is 0.950. The molecule has 0 amide bonds. The van der Waals surface area contributed by atoms with Crippen molar-refractivity contribution in [1.82, 2.24) is 4.90 Å². The quantitative estimate of drug-likeness (QED) is 0.0531. The van der Waals surface area contributed by atoms with E-state index in [1.54, 1.807) is 0 Å². The Hall–Kier alpha value is -1.14. The van der Waals surface area contributed by atoms with Gasteiger partial charge in [0, 0.05) is 19.4 Å². The Balaban J connectivity index is 4.07. The zero-order valence-corrected chi connectivity index (χ0v) is 31.1. The van der Waals surface area contributed by atoms with Crippen LogP contribution in [0.25, 0.3) is 0 Å². The van der Waals surface area contributed by atoms with Crippen molar-refractivity contribution in [2.75, 3.05) is 39.5 Å². The summed E-state index contributed by atoms with van der Waals surface area (Å²) < 4.78 is 11.2. The molecule has 0 unspecified atom stereocenters. The van der Waals surface area contributed by atoms with Crippen LogP contribution in [-0.2, 0) is 19.1 Å². The highest BCUT2D eigenvalue weighted by Crippen LogP contribution is 2.20. The van der Waals surface area contributed by atoms with Crippen LogP contribution in [0.15, 0.2) is 0 Å². The Bertz CT molecular complexity index is 627. The van der Waals surface area contributed by atoms with E-state index in [9.17, 15) is 14.7 Å². The molecule has 0 radical (unpaired) electrons. The molecule has 6 heteroatoms. The fourth-order valence-electron chi connectivity index (χ4n) is 6.22. The first kappa shape index (κ1) is 44.9. The van der Waals surface area contributed by atoms with Crippen LogP contribution < -0.4 is 0 Å². The van der Waals surface area contributed by atoms with Gasteiger partial charge >= 0.3 is 11.9 Å². The van der Waals surface area contributed by atoms with Crippen molar-refractivity contribution in [3.8, 4) is 0 Å². The lowest BCUT2D eigenvalue weighted by atomic mass is 9.94. The summed E-state index contributed by atoms with van der Waals surface area (Å²) in [4.78, 5) is 26.9. The van der Waals surface area contributed by atoms with Crippen molar-refractivity contribution in [2.45, 2.75) is 201 Å². The highest BCUT2D eigenvalue weighted by molar-refractivity contribution is 5.69. The van der Waals surface area contributed by atoms with Crippen molar-refractivity contribution in [3.05, 3.63) is 0 Å². The van der Waals surface area contributed by atoms with E-state index in [-0.39, 0.29) is 18.5 Å². The van der Waals surface area contributed by atoms with Crippen LogP contribution in [-0.4, -0.2) is 61.4 Å². The molecule has 46 heavy (non-hydrogen) atoms. The van der Waals surface area contributed by atoms with Gasteiger partial charge in [0.2, 0.25) is 0 Å². The first-order valence-corrected chi connectivity index (χ1v) is 20.2. The molecule has 0 heterocycles. The molecule has 0 rings (SSSR count). The first-order valence-electron chi connectivity index (χ1n) is 20.2. The smallest absolute Gasteiger partial charge is 0.305 e. The number of aliphatic hydroxyl groups excluding tert-OH is 1. The number of unbranched alkanes of at least 4 members (excludes halogenated alkanes) is 19. The lowest BCUT2D eigenvalue weighted by molar-refractivity contribution is -0.145. The second-order valence-corrected chi connectivity index (χ2v) is 13.8. The Morgan fingerprint density at radius 3 is 1.48 bits per heavy atom. The van der Waals surface area contributed by atoms with E-state index < -0.39 is 0 Å². The molecule has 0 aromatic carbocycles. The molecule has 0 spiro atoms. The Morgan fingerprint density at radius 1 is 0.500 bits per heavy atom. The summed E-state index contributed by atoms with van der Waals surface area (Å²) in [6.07, 6.45) is 32.5. The fourth-order valence-corrected chi connectivity index (χ4v) is 6.22. The minimum Gasteiger partial charge on any atom is -0.466 e. The number of aliphatic hydroxyl groups is 1. The summed E-state index contributed by atoms with van der Waals surface area (Å²) in [5, 5.41) is 9.48. The van der Waals surface area contributed by atoms with Gasteiger partial charge in [0.15, 0.2) is 0 Å². The van der Waals surface area contributed by atoms with Crippen molar-refractivity contribution in [3.63, 3.8) is 0 Å².